The van der Waals surface area contributed by atoms with Gasteiger partial charge in [0, 0.05) is 11.4 Å². The van der Waals surface area contributed by atoms with Crippen molar-refractivity contribution in [2.45, 2.75) is 55.7 Å². The minimum atomic E-state index is -0.311. The number of amides is 1. The fourth-order valence-electron chi connectivity index (χ4n) is 4.14. The fourth-order valence-corrected chi connectivity index (χ4v) is 5.14. The normalized spacial score (nSPS) is 16.0. The molecule has 1 amide bonds. The number of nitrogens with one attached hydrogen (secondary N) is 1. The number of aromatic nitrogens is 1. The van der Waals surface area contributed by atoms with E-state index in [0.717, 1.165) is 41.8 Å². The number of thioether (sulfide) groups is 1. The van der Waals surface area contributed by atoms with Gasteiger partial charge in [-0.1, -0.05) is 66.7 Å². The number of nitrogens with zero attached hydrogens (tertiary/aromatic N) is 2. The first-order valence-corrected chi connectivity index (χ1v) is 12.0. The second-order valence-electron chi connectivity index (χ2n) is 8.28. The first-order chi connectivity index (χ1) is 15.6. The predicted molar refractivity (Wildman–Crippen MR) is 130 cm³/mol. The topological polar surface area (TPSA) is 65.8 Å². The van der Waals surface area contributed by atoms with E-state index in [9.17, 15) is 10.1 Å². The van der Waals surface area contributed by atoms with Crippen molar-refractivity contribution < 1.29 is 4.79 Å². The van der Waals surface area contributed by atoms with Crippen LogP contribution in [0.25, 0.3) is 0 Å². The Morgan fingerprint density at radius 2 is 1.97 bits per heavy atom. The van der Waals surface area contributed by atoms with E-state index in [4.69, 9.17) is 4.98 Å². The summed E-state index contributed by atoms with van der Waals surface area (Å²) >= 11 is 1.39. The number of aryl methyl sites for hydroxylation is 2. The van der Waals surface area contributed by atoms with Crippen LogP contribution in [0.3, 0.4) is 0 Å². The van der Waals surface area contributed by atoms with Crippen LogP contribution < -0.4 is 5.32 Å². The molecule has 0 bridgehead atoms. The summed E-state index contributed by atoms with van der Waals surface area (Å²) in [4.78, 5) is 17.7. The molecule has 3 aromatic rings. The van der Waals surface area contributed by atoms with Gasteiger partial charge in [-0.15, -0.1) is 0 Å². The summed E-state index contributed by atoms with van der Waals surface area (Å²) < 4.78 is 0. The molecule has 0 saturated carbocycles. The number of anilines is 1. The average Bonchev–Trinajstić information content (AvgIpc) is 2.83. The molecule has 1 heterocycles. The number of fused-ring (bicyclic) bond motifs is 1. The Balaban J connectivity index is 1.51. The van der Waals surface area contributed by atoms with Gasteiger partial charge in [0.1, 0.15) is 11.1 Å². The van der Waals surface area contributed by atoms with Crippen LogP contribution in [0.1, 0.15) is 53.6 Å². The molecule has 5 heteroatoms. The molecule has 0 aliphatic heterocycles. The maximum absolute atomic E-state index is 12.9. The van der Waals surface area contributed by atoms with Crippen LogP contribution in [0.4, 0.5) is 5.69 Å². The summed E-state index contributed by atoms with van der Waals surface area (Å²) in [5, 5.41) is 13.1. The first kappa shape index (κ1) is 22.1. The van der Waals surface area contributed by atoms with Crippen molar-refractivity contribution in [3.8, 4) is 6.07 Å². The molecule has 162 valence electrons. The summed E-state index contributed by atoms with van der Waals surface area (Å²) in [6.07, 6.45) is 3.49. The fraction of sp³-hybridized carbons (Fsp3) is 0.296. The highest BCUT2D eigenvalue weighted by atomic mass is 32.2. The molecule has 0 fully saturated rings. The Morgan fingerprint density at radius 1 is 1.22 bits per heavy atom. The number of nitriles is 1. The molecule has 1 aliphatic rings. The van der Waals surface area contributed by atoms with Gasteiger partial charge in [-0.2, -0.15) is 5.26 Å². The molecule has 1 N–H and O–H groups in total. The van der Waals surface area contributed by atoms with Gasteiger partial charge in [0.15, 0.2) is 0 Å². The van der Waals surface area contributed by atoms with Gasteiger partial charge >= 0.3 is 0 Å². The van der Waals surface area contributed by atoms with Crippen molar-refractivity contribution in [1.29, 1.82) is 5.26 Å². The SMILES string of the molecule is CCC(Sc1nc2c(cc1C#N)CC(c1ccccc1)CC2)C(=O)Nc1ccc(C)cc1. The van der Waals surface area contributed by atoms with Gasteiger partial charge in [-0.05, 0) is 67.9 Å². The van der Waals surface area contributed by atoms with E-state index in [1.165, 1.54) is 17.3 Å². The number of rotatable bonds is 6. The van der Waals surface area contributed by atoms with E-state index >= 15 is 0 Å². The lowest BCUT2D eigenvalue weighted by Gasteiger charge is -2.25. The van der Waals surface area contributed by atoms with Gasteiger partial charge < -0.3 is 5.32 Å². The van der Waals surface area contributed by atoms with Gasteiger partial charge in [0.2, 0.25) is 5.91 Å². The molecule has 1 aliphatic carbocycles. The van der Waals surface area contributed by atoms with E-state index < -0.39 is 0 Å². The lowest BCUT2D eigenvalue weighted by molar-refractivity contribution is -0.115. The monoisotopic (exact) mass is 441 g/mol. The number of hydrogen-bond donors (Lipinski definition) is 1. The second-order valence-corrected chi connectivity index (χ2v) is 9.47. The Kier molecular flexibility index (Phi) is 6.92. The molecule has 0 spiro atoms. The van der Waals surface area contributed by atoms with Crippen molar-refractivity contribution in [1.82, 2.24) is 4.98 Å². The van der Waals surface area contributed by atoms with E-state index in [2.05, 4.69) is 35.7 Å². The minimum Gasteiger partial charge on any atom is -0.325 e. The summed E-state index contributed by atoms with van der Waals surface area (Å²) in [5.74, 6) is 0.396. The molecule has 2 aromatic carbocycles. The highest BCUT2D eigenvalue weighted by Gasteiger charge is 2.25. The standard InChI is InChI=1S/C27H27N3OS/c1-3-25(26(31)29-23-12-9-18(2)10-13-23)32-27-22(17-28)16-21-15-20(11-14-24(21)30-27)19-7-5-4-6-8-19/h4-10,12-13,16,20,25H,3,11,14-15H2,1-2H3,(H,29,31). The number of carbonyl (C=O) groups is 1. The number of carbonyl (C=O) groups excluding carboxylic acids is 1. The minimum absolute atomic E-state index is 0.0612. The zero-order valence-corrected chi connectivity index (χ0v) is 19.3. The Labute approximate surface area is 194 Å². The van der Waals surface area contributed by atoms with Crippen LogP contribution in [0.15, 0.2) is 65.7 Å². The van der Waals surface area contributed by atoms with E-state index in [1.54, 1.807) is 0 Å². The third-order valence-electron chi connectivity index (χ3n) is 5.98. The molecule has 2 atom stereocenters. The average molecular weight is 442 g/mol. The van der Waals surface area contributed by atoms with Crippen LogP contribution in [0, 0.1) is 18.3 Å². The summed E-state index contributed by atoms with van der Waals surface area (Å²) in [6, 6.07) is 22.6. The Bertz CT molecular complexity index is 1140. The summed E-state index contributed by atoms with van der Waals surface area (Å²) in [5.41, 5.74) is 6.05. The van der Waals surface area contributed by atoms with Crippen molar-refractivity contribution in [2.24, 2.45) is 0 Å². The first-order valence-electron chi connectivity index (χ1n) is 11.1. The van der Waals surface area contributed by atoms with Crippen molar-refractivity contribution >= 4 is 23.4 Å². The van der Waals surface area contributed by atoms with Crippen LogP contribution in [-0.4, -0.2) is 16.1 Å². The van der Waals surface area contributed by atoms with Crippen molar-refractivity contribution in [3.05, 3.63) is 88.6 Å². The lowest BCUT2D eigenvalue weighted by atomic mass is 9.82. The smallest absolute Gasteiger partial charge is 0.237 e. The molecular weight excluding hydrogens is 414 g/mol. The van der Waals surface area contributed by atoms with Crippen molar-refractivity contribution in [2.75, 3.05) is 5.32 Å². The number of benzene rings is 2. The van der Waals surface area contributed by atoms with Gasteiger partial charge in [0.05, 0.1) is 10.8 Å². The molecule has 4 nitrogen and oxygen atoms in total. The van der Waals surface area contributed by atoms with Gasteiger partial charge in [-0.25, -0.2) is 4.98 Å². The van der Waals surface area contributed by atoms with Gasteiger partial charge in [0.25, 0.3) is 0 Å². The third kappa shape index (κ3) is 5.03. The highest BCUT2D eigenvalue weighted by Crippen LogP contribution is 2.35. The van der Waals surface area contributed by atoms with Crippen LogP contribution in [0.5, 0.6) is 0 Å². The molecular formula is C27H27N3OS. The lowest BCUT2D eigenvalue weighted by Crippen LogP contribution is -2.25. The maximum Gasteiger partial charge on any atom is 0.237 e. The summed E-state index contributed by atoms with van der Waals surface area (Å²) in [7, 11) is 0. The zero-order chi connectivity index (χ0) is 22.5. The van der Waals surface area contributed by atoms with E-state index in [-0.39, 0.29) is 11.2 Å². The van der Waals surface area contributed by atoms with Gasteiger partial charge in [-0.3, -0.25) is 4.79 Å². The predicted octanol–water partition coefficient (Wildman–Crippen LogP) is 6.04. The quantitative estimate of drug-likeness (QED) is 0.473. The molecule has 32 heavy (non-hydrogen) atoms. The second kappa shape index (κ2) is 10.0. The van der Waals surface area contributed by atoms with E-state index in [0.29, 0.717) is 22.9 Å². The Hall–Kier alpha value is -3.10. The molecule has 4 rings (SSSR count). The van der Waals surface area contributed by atoms with Crippen molar-refractivity contribution in [3.63, 3.8) is 0 Å². The summed E-state index contributed by atoms with van der Waals surface area (Å²) in [6.45, 7) is 4.00. The largest absolute Gasteiger partial charge is 0.325 e. The molecule has 1 aromatic heterocycles. The molecule has 0 saturated heterocycles. The third-order valence-corrected chi connectivity index (χ3v) is 7.35. The van der Waals surface area contributed by atoms with Crippen LogP contribution in [0.2, 0.25) is 0 Å². The zero-order valence-electron chi connectivity index (χ0n) is 18.5. The Morgan fingerprint density at radius 3 is 2.66 bits per heavy atom. The van der Waals surface area contributed by atoms with Crippen LogP contribution in [-0.2, 0) is 17.6 Å². The number of hydrogen-bond acceptors (Lipinski definition) is 4. The van der Waals surface area contributed by atoms with Crippen LogP contribution >= 0.6 is 11.8 Å². The van der Waals surface area contributed by atoms with E-state index in [1.807, 2.05) is 50.2 Å². The molecule has 2 unspecified atom stereocenters. The number of pyridine rings is 1. The molecule has 0 radical (unpaired) electrons. The maximum atomic E-state index is 12.9. The highest BCUT2D eigenvalue weighted by molar-refractivity contribution is 8.00.